The first kappa shape index (κ1) is 17.6. The summed E-state index contributed by atoms with van der Waals surface area (Å²) in [6.07, 6.45) is 9.27. The van der Waals surface area contributed by atoms with Gasteiger partial charge in [0.2, 0.25) is 5.91 Å². The molecule has 8 heteroatoms. The van der Waals surface area contributed by atoms with Gasteiger partial charge in [0, 0.05) is 44.9 Å². The molecule has 2 amide bonds. The molecule has 2 aromatic rings. The van der Waals surface area contributed by atoms with Gasteiger partial charge in [-0.3, -0.25) is 14.2 Å². The number of carbonyl (C=O) groups excluding carboxylic acids is 2. The van der Waals surface area contributed by atoms with Crippen molar-refractivity contribution in [1.82, 2.24) is 29.5 Å². The lowest BCUT2D eigenvalue weighted by atomic mass is 9.73. The van der Waals surface area contributed by atoms with Gasteiger partial charge in [-0.2, -0.15) is 0 Å². The maximum atomic E-state index is 13.0. The molecule has 2 aromatic heterocycles. The highest BCUT2D eigenvalue weighted by molar-refractivity contribution is 5.94. The second-order valence-electron chi connectivity index (χ2n) is 7.63. The molecule has 0 N–H and O–H groups in total. The van der Waals surface area contributed by atoms with Crippen molar-refractivity contribution in [2.75, 3.05) is 26.7 Å². The molecule has 142 valence electrons. The van der Waals surface area contributed by atoms with Crippen LogP contribution in [0.4, 0.5) is 0 Å². The summed E-state index contributed by atoms with van der Waals surface area (Å²) in [5.41, 5.74) is 0.823. The number of rotatable bonds is 2. The van der Waals surface area contributed by atoms with Crippen molar-refractivity contribution in [3.63, 3.8) is 0 Å². The van der Waals surface area contributed by atoms with E-state index in [4.69, 9.17) is 0 Å². The molecule has 0 atom stereocenters. The van der Waals surface area contributed by atoms with Crippen molar-refractivity contribution in [2.24, 2.45) is 5.41 Å². The maximum Gasteiger partial charge on any atom is 0.254 e. The van der Waals surface area contributed by atoms with E-state index in [1.807, 2.05) is 16.8 Å². The maximum absolute atomic E-state index is 13.0. The quantitative estimate of drug-likeness (QED) is 0.803. The van der Waals surface area contributed by atoms with Gasteiger partial charge in [-0.15, -0.1) is 10.2 Å². The average molecular weight is 368 g/mol. The van der Waals surface area contributed by atoms with E-state index in [1.54, 1.807) is 35.6 Å². The number of amides is 2. The van der Waals surface area contributed by atoms with Gasteiger partial charge in [0.15, 0.2) is 0 Å². The Labute approximate surface area is 158 Å². The van der Waals surface area contributed by atoms with Crippen molar-refractivity contribution in [3.05, 3.63) is 36.5 Å². The van der Waals surface area contributed by atoms with Gasteiger partial charge in [0.05, 0.1) is 0 Å². The van der Waals surface area contributed by atoms with Crippen molar-refractivity contribution in [3.8, 4) is 5.82 Å². The minimum atomic E-state index is 0.0309. The monoisotopic (exact) mass is 368 g/mol. The first-order chi connectivity index (χ1) is 13.1. The third-order valence-electron chi connectivity index (χ3n) is 6.06. The Morgan fingerprint density at radius 3 is 2.52 bits per heavy atom. The Morgan fingerprint density at radius 2 is 1.78 bits per heavy atom. The summed E-state index contributed by atoms with van der Waals surface area (Å²) < 4.78 is 1.68. The Morgan fingerprint density at radius 1 is 1.07 bits per heavy atom. The van der Waals surface area contributed by atoms with Crippen LogP contribution in [0.5, 0.6) is 0 Å². The number of carbonyl (C=O) groups is 2. The van der Waals surface area contributed by atoms with E-state index in [-0.39, 0.29) is 17.2 Å². The summed E-state index contributed by atoms with van der Waals surface area (Å²) in [7, 11) is 1.89. The van der Waals surface area contributed by atoms with Gasteiger partial charge >= 0.3 is 0 Å². The lowest BCUT2D eigenvalue weighted by Gasteiger charge is -2.41. The molecule has 8 nitrogen and oxygen atoms in total. The van der Waals surface area contributed by atoms with Crippen molar-refractivity contribution >= 4 is 11.8 Å². The number of piperidine rings is 1. The van der Waals surface area contributed by atoms with Crippen LogP contribution < -0.4 is 0 Å². The number of hydrogen-bond acceptors (Lipinski definition) is 5. The molecule has 2 aliphatic rings. The first-order valence-electron chi connectivity index (χ1n) is 9.41. The van der Waals surface area contributed by atoms with E-state index in [0.29, 0.717) is 17.8 Å². The second-order valence-corrected chi connectivity index (χ2v) is 7.63. The molecule has 0 radical (unpaired) electrons. The van der Waals surface area contributed by atoms with Gasteiger partial charge in [-0.1, -0.05) is 0 Å². The zero-order valence-corrected chi connectivity index (χ0v) is 15.5. The molecule has 0 bridgehead atoms. The molecule has 27 heavy (non-hydrogen) atoms. The minimum Gasteiger partial charge on any atom is -0.346 e. The number of likely N-dealkylation sites (tertiary alicyclic amines) is 2. The normalized spacial score (nSPS) is 20.0. The Hall–Kier alpha value is -2.77. The van der Waals surface area contributed by atoms with E-state index in [0.717, 1.165) is 45.3 Å². The Bertz CT molecular complexity index is 826. The SMILES string of the molecule is CN1CCC2(CCC1=O)CCN(C(=O)c1ccnc(-n3cnnc3)c1)CC2. The standard InChI is InChI=1S/C19H24N6O2/c1-23-9-5-19(4-2-17(23)26)6-10-24(11-7-19)18(27)15-3-8-20-16(12-15)25-13-21-22-14-25/h3,8,12-14H,2,4-7,9-11H2,1H3. The highest BCUT2D eigenvalue weighted by atomic mass is 16.2. The molecule has 4 rings (SSSR count). The van der Waals surface area contributed by atoms with Crippen LogP contribution in [0.15, 0.2) is 31.0 Å². The average Bonchev–Trinajstić information content (AvgIpc) is 3.21. The predicted octanol–water partition coefficient (Wildman–Crippen LogP) is 1.53. The number of hydrogen-bond donors (Lipinski definition) is 0. The van der Waals surface area contributed by atoms with Crippen LogP contribution in [0, 0.1) is 5.41 Å². The molecule has 0 aliphatic carbocycles. The molecule has 0 saturated carbocycles. The van der Waals surface area contributed by atoms with Gasteiger partial charge in [0.1, 0.15) is 18.5 Å². The first-order valence-corrected chi connectivity index (χ1v) is 9.41. The predicted molar refractivity (Wildman–Crippen MR) is 98.2 cm³/mol. The molecule has 2 fully saturated rings. The highest BCUT2D eigenvalue weighted by Crippen LogP contribution is 2.41. The van der Waals surface area contributed by atoms with Crippen LogP contribution in [0.3, 0.4) is 0 Å². The number of aromatic nitrogens is 4. The van der Waals surface area contributed by atoms with Crippen LogP contribution in [-0.2, 0) is 4.79 Å². The second kappa shape index (κ2) is 7.09. The highest BCUT2D eigenvalue weighted by Gasteiger charge is 2.38. The van der Waals surface area contributed by atoms with Crippen LogP contribution in [-0.4, -0.2) is 68.0 Å². The van der Waals surface area contributed by atoms with E-state index < -0.39 is 0 Å². The van der Waals surface area contributed by atoms with Crippen molar-refractivity contribution < 1.29 is 9.59 Å². The van der Waals surface area contributed by atoms with Crippen LogP contribution in [0.25, 0.3) is 5.82 Å². The third kappa shape index (κ3) is 3.56. The molecule has 4 heterocycles. The van der Waals surface area contributed by atoms with Crippen LogP contribution in [0.2, 0.25) is 0 Å². The van der Waals surface area contributed by atoms with Gasteiger partial charge < -0.3 is 9.80 Å². The van der Waals surface area contributed by atoms with Gasteiger partial charge in [-0.25, -0.2) is 4.98 Å². The molecule has 0 aromatic carbocycles. The molecule has 2 saturated heterocycles. The van der Waals surface area contributed by atoms with Crippen LogP contribution in [0.1, 0.15) is 42.5 Å². The number of nitrogens with zero attached hydrogens (tertiary/aromatic N) is 6. The van der Waals surface area contributed by atoms with Gasteiger partial charge in [-0.05, 0) is 43.2 Å². The van der Waals surface area contributed by atoms with E-state index in [9.17, 15) is 9.59 Å². The Balaban J connectivity index is 1.43. The lowest BCUT2D eigenvalue weighted by molar-refractivity contribution is -0.129. The Kier molecular flexibility index (Phi) is 4.63. The summed E-state index contributed by atoms with van der Waals surface area (Å²) >= 11 is 0. The summed E-state index contributed by atoms with van der Waals surface area (Å²) in [5.74, 6) is 0.900. The third-order valence-corrected chi connectivity index (χ3v) is 6.06. The lowest BCUT2D eigenvalue weighted by Crippen LogP contribution is -2.43. The zero-order chi connectivity index (χ0) is 18.9. The van der Waals surface area contributed by atoms with Crippen LogP contribution >= 0.6 is 0 Å². The van der Waals surface area contributed by atoms with Gasteiger partial charge in [0.25, 0.3) is 5.91 Å². The summed E-state index contributed by atoms with van der Waals surface area (Å²) in [4.78, 5) is 33.0. The topological polar surface area (TPSA) is 84.2 Å². The summed E-state index contributed by atoms with van der Waals surface area (Å²) in [6, 6.07) is 3.52. The largest absolute Gasteiger partial charge is 0.346 e. The minimum absolute atomic E-state index is 0.0309. The summed E-state index contributed by atoms with van der Waals surface area (Å²) in [6.45, 7) is 2.29. The van der Waals surface area contributed by atoms with E-state index in [2.05, 4.69) is 15.2 Å². The molecular weight excluding hydrogens is 344 g/mol. The molecule has 1 spiro atoms. The van der Waals surface area contributed by atoms with E-state index in [1.165, 1.54) is 0 Å². The van der Waals surface area contributed by atoms with Crippen molar-refractivity contribution in [2.45, 2.75) is 32.1 Å². The molecular formula is C19H24N6O2. The summed E-state index contributed by atoms with van der Waals surface area (Å²) in [5, 5.41) is 7.56. The molecule has 0 unspecified atom stereocenters. The fourth-order valence-corrected chi connectivity index (χ4v) is 4.10. The van der Waals surface area contributed by atoms with E-state index >= 15 is 0 Å². The fourth-order valence-electron chi connectivity index (χ4n) is 4.10. The zero-order valence-electron chi connectivity index (χ0n) is 15.5. The number of pyridine rings is 1. The molecule has 2 aliphatic heterocycles. The fraction of sp³-hybridized carbons (Fsp3) is 0.526. The smallest absolute Gasteiger partial charge is 0.254 e. The van der Waals surface area contributed by atoms with Crippen molar-refractivity contribution in [1.29, 1.82) is 0 Å².